The third-order valence-electron chi connectivity index (χ3n) is 2.09. The largest absolute Gasteiger partial charge is 0.373 e. The van der Waals surface area contributed by atoms with E-state index in [1.807, 2.05) is 39.0 Å². The Morgan fingerprint density at radius 1 is 1.18 bits per heavy atom. The van der Waals surface area contributed by atoms with Crippen LogP contribution in [0.25, 0.3) is 0 Å². The molecule has 0 aromatic carbocycles. The summed E-state index contributed by atoms with van der Waals surface area (Å²) in [4.78, 5) is 4.35. The van der Waals surface area contributed by atoms with E-state index in [1.54, 1.807) is 0 Å². The van der Waals surface area contributed by atoms with E-state index in [-0.39, 0.29) is 5.60 Å². The van der Waals surface area contributed by atoms with Crippen molar-refractivity contribution in [3.63, 3.8) is 0 Å². The minimum absolute atomic E-state index is 0.110. The van der Waals surface area contributed by atoms with Gasteiger partial charge in [-0.05, 0) is 32.9 Å². The monoisotopic (exact) mass is 238 g/mol. The molecule has 0 fully saturated rings. The second kappa shape index (κ2) is 6.69. The fourth-order valence-electron chi connectivity index (χ4n) is 1.31. The zero-order valence-corrected chi connectivity index (χ0v) is 10.9. The van der Waals surface area contributed by atoms with Gasteiger partial charge in [-0.15, -0.1) is 0 Å². The summed E-state index contributed by atoms with van der Waals surface area (Å²) < 4.78 is 11.0. The Hall–Kier alpha value is -0.970. The van der Waals surface area contributed by atoms with Crippen LogP contribution in [0.1, 0.15) is 32.2 Å². The Morgan fingerprint density at radius 2 is 1.88 bits per heavy atom. The van der Waals surface area contributed by atoms with Gasteiger partial charge in [0.05, 0.1) is 36.8 Å². The second-order valence-corrected chi connectivity index (χ2v) is 4.84. The lowest BCUT2D eigenvalue weighted by molar-refractivity contribution is -0.0380. The van der Waals surface area contributed by atoms with E-state index >= 15 is 0 Å². The first-order chi connectivity index (χ1) is 8.01. The van der Waals surface area contributed by atoms with Gasteiger partial charge in [-0.3, -0.25) is 4.98 Å². The third kappa shape index (κ3) is 6.36. The zero-order chi connectivity index (χ0) is 12.7. The molecule has 0 aliphatic heterocycles. The van der Waals surface area contributed by atoms with Gasteiger partial charge in [-0.1, -0.05) is 6.07 Å². The van der Waals surface area contributed by atoms with Crippen LogP contribution >= 0.6 is 0 Å². The molecule has 0 saturated heterocycles. The van der Waals surface area contributed by atoms with Crippen molar-refractivity contribution in [2.24, 2.45) is 5.73 Å². The fourth-order valence-corrected chi connectivity index (χ4v) is 1.31. The molecule has 0 aliphatic carbocycles. The van der Waals surface area contributed by atoms with Crippen molar-refractivity contribution in [3.05, 3.63) is 29.6 Å². The van der Waals surface area contributed by atoms with Gasteiger partial charge < -0.3 is 15.2 Å². The van der Waals surface area contributed by atoms with Crippen molar-refractivity contribution in [2.45, 2.75) is 39.5 Å². The molecule has 0 atom stereocenters. The minimum atomic E-state index is -0.110. The van der Waals surface area contributed by atoms with Gasteiger partial charge in [-0.2, -0.15) is 0 Å². The molecule has 2 N–H and O–H groups in total. The average molecular weight is 238 g/mol. The molecule has 4 nitrogen and oxygen atoms in total. The van der Waals surface area contributed by atoms with Crippen molar-refractivity contribution >= 4 is 0 Å². The van der Waals surface area contributed by atoms with E-state index in [2.05, 4.69) is 4.98 Å². The van der Waals surface area contributed by atoms with Gasteiger partial charge in [0.1, 0.15) is 0 Å². The number of nitrogens with two attached hydrogens (primary N) is 1. The molecule has 1 aromatic heterocycles. The number of aromatic nitrogens is 1. The van der Waals surface area contributed by atoms with Crippen LogP contribution in [-0.4, -0.2) is 23.8 Å². The van der Waals surface area contributed by atoms with Crippen LogP contribution in [-0.2, 0) is 22.6 Å². The molecule has 0 radical (unpaired) electrons. The van der Waals surface area contributed by atoms with Crippen molar-refractivity contribution in [3.8, 4) is 0 Å². The lowest BCUT2D eigenvalue weighted by atomic mass is 10.2. The maximum Gasteiger partial charge on any atom is 0.0889 e. The SMILES string of the molecule is CC(C)(C)OCCOCc1cccc(CN)n1. The van der Waals surface area contributed by atoms with Gasteiger partial charge >= 0.3 is 0 Å². The van der Waals surface area contributed by atoms with Crippen molar-refractivity contribution in [1.82, 2.24) is 4.98 Å². The lowest BCUT2D eigenvalue weighted by Crippen LogP contribution is -2.21. The first kappa shape index (κ1) is 14.1. The first-order valence-corrected chi connectivity index (χ1v) is 5.88. The topological polar surface area (TPSA) is 57.4 Å². The molecular formula is C13H22N2O2. The maximum absolute atomic E-state index is 5.55. The first-order valence-electron chi connectivity index (χ1n) is 5.88. The zero-order valence-electron chi connectivity index (χ0n) is 10.9. The van der Waals surface area contributed by atoms with Gasteiger partial charge in [0.25, 0.3) is 0 Å². The molecule has 96 valence electrons. The number of ether oxygens (including phenoxy) is 2. The second-order valence-electron chi connectivity index (χ2n) is 4.84. The summed E-state index contributed by atoms with van der Waals surface area (Å²) in [5, 5.41) is 0. The Labute approximate surface area is 103 Å². The summed E-state index contributed by atoms with van der Waals surface area (Å²) in [6.45, 7) is 8.21. The van der Waals surface area contributed by atoms with Crippen molar-refractivity contribution in [2.75, 3.05) is 13.2 Å². The molecule has 4 heteroatoms. The molecule has 1 aromatic rings. The molecule has 0 unspecified atom stereocenters. The van der Waals surface area contributed by atoms with E-state index in [4.69, 9.17) is 15.2 Å². The van der Waals surface area contributed by atoms with Crippen LogP contribution in [0.3, 0.4) is 0 Å². The normalized spacial score (nSPS) is 11.8. The fraction of sp³-hybridized carbons (Fsp3) is 0.615. The van der Waals surface area contributed by atoms with E-state index in [0.29, 0.717) is 26.4 Å². The Balaban J connectivity index is 2.22. The third-order valence-corrected chi connectivity index (χ3v) is 2.09. The van der Waals surface area contributed by atoms with E-state index in [1.165, 1.54) is 0 Å². The van der Waals surface area contributed by atoms with Gasteiger partial charge in [-0.25, -0.2) is 0 Å². The highest BCUT2D eigenvalue weighted by atomic mass is 16.5. The van der Waals surface area contributed by atoms with Crippen LogP contribution in [0.15, 0.2) is 18.2 Å². The highest BCUT2D eigenvalue weighted by Gasteiger charge is 2.08. The molecule has 17 heavy (non-hydrogen) atoms. The van der Waals surface area contributed by atoms with Crippen LogP contribution in [0.5, 0.6) is 0 Å². The minimum Gasteiger partial charge on any atom is -0.373 e. The predicted molar refractivity (Wildman–Crippen MR) is 67.5 cm³/mol. The number of pyridine rings is 1. The van der Waals surface area contributed by atoms with Crippen molar-refractivity contribution < 1.29 is 9.47 Å². The van der Waals surface area contributed by atoms with E-state index < -0.39 is 0 Å². The number of hydrogen-bond acceptors (Lipinski definition) is 4. The molecule has 1 heterocycles. The van der Waals surface area contributed by atoms with Crippen molar-refractivity contribution in [1.29, 1.82) is 0 Å². The quantitative estimate of drug-likeness (QED) is 0.769. The molecule has 0 aliphatic rings. The van der Waals surface area contributed by atoms with Crippen LogP contribution < -0.4 is 5.73 Å². The van der Waals surface area contributed by atoms with Gasteiger partial charge in [0, 0.05) is 6.54 Å². The van der Waals surface area contributed by atoms with Crippen LogP contribution in [0, 0.1) is 0 Å². The summed E-state index contributed by atoms with van der Waals surface area (Å²) in [5.74, 6) is 0. The molecule has 0 saturated carbocycles. The standard InChI is InChI=1S/C13H22N2O2/c1-13(2,3)17-8-7-16-10-12-6-4-5-11(9-14)15-12/h4-6H,7-10,14H2,1-3H3. The number of nitrogens with zero attached hydrogens (tertiary/aromatic N) is 1. The summed E-state index contributed by atoms with van der Waals surface area (Å²) in [7, 11) is 0. The van der Waals surface area contributed by atoms with Crippen LogP contribution in [0.2, 0.25) is 0 Å². The predicted octanol–water partition coefficient (Wildman–Crippen LogP) is 1.87. The summed E-state index contributed by atoms with van der Waals surface area (Å²) in [6.07, 6.45) is 0. The van der Waals surface area contributed by atoms with Gasteiger partial charge in [0.15, 0.2) is 0 Å². The number of rotatable bonds is 6. The molecule has 0 bridgehead atoms. The van der Waals surface area contributed by atoms with E-state index in [9.17, 15) is 0 Å². The molecular weight excluding hydrogens is 216 g/mol. The summed E-state index contributed by atoms with van der Waals surface area (Å²) in [6, 6.07) is 5.79. The average Bonchev–Trinajstić information content (AvgIpc) is 2.27. The van der Waals surface area contributed by atoms with E-state index in [0.717, 1.165) is 11.4 Å². The molecule has 0 spiro atoms. The molecule has 0 amide bonds. The lowest BCUT2D eigenvalue weighted by Gasteiger charge is -2.19. The Bertz CT molecular complexity index is 334. The molecule has 1 rings (SSSR count). The number of hydrogen-bond donors (Lipinski definition) is 1. The summed E-state index contributed by atoms with van der Waals surface area (Å²) in [5.41, 5.74) is 7.20. The van der Waals surface area contributed by atoms with Crippen LogP contribution in [0.4, 0.5) is 0 Å². The maximum atomic E-state index is 5.55. The smallest absolute Gasteiger partial charge is 0.0889 e. The summed E-state index contributed by atoms with van der Waals surface area (Å²) >= 11 is 0. The van der Waals surface area contributed by atoms with Gasteiger partial charge in [0.2, 0.25) is 0 Å². The highest BCUT2D eigenvalue weighted by Crippen LogP contribution is 2.06. The highest BCUT2D eigenvalue weighted by molar-refractivity contribution is 5.10. The Kier molecular flexibility index (Phi) is 5.55. The Morgan fingerprint density at radius 3 is 2.53 bits per heavy atom.